The van der Waals surface area contributed by atoms with E-state index in [2.05, 4.69) is 0 Å². The van der Waals surface area contributed by atoms with Crippen molar-refractivity contribution in [1.29, 1.82) is 0 Å². The highest BCUT2D eigenvalue weighted by molar-refractivity contribution is 5.88. The van der Waals surface area contributed by atoms with Gasteiger partial charge in [0.15, 0.2) is 12.4 Å². The number of aliphatic hydroxyl groups excluding tert-OH is 9. The average molecular weight is 637 g/mol. The Morgan fingerprint density at radius 1 is 0.818 bits per heavy atom. The first-order valence-electron chi connectivity index (χ1n) is 13.8. The number of carbonyl (C=O) groups is 2. The molecule has 10 N–H and O–H groups in total. The van der Waals surface area contributed by atoms with Crippen LogP contribution < -0.4 is 4.74 Å². The summed E-state index contributed by atoms with van der Waals surface area (Å²) in [5.74, 6) is -3.62. The highest BCUT2D eigenvalue weighted by Gasteiger charge is 2.56. The zero-order chi connectivity index (χ0) is 32.9. The number of rotatable bonds is 13. The van der Waals surface area contributed by atoms with Gasteiger partial charge in [0, 0.05) is 0 Å². The van der Waals surface area contributed by atoms with E-state index >= 15 is 0 Å². The van der Waals surface area contributed by atoms with Crippen LogP contribution in [0.15, 0.2) is 24.3 Å². The number of carboxylic acids is 1. The first-order chi connectivity index (χ1) is 20.7. The molecule has 3 rings (SSSR count). The third-order valence-electron chi connectivity index (χ3n) is 7.30. The van der Waals surface area contributed by atoms with Crippen LogP contribution in [0.5, 0.6) is 5.75 Å². The lowest BCUT2D eigenvalue weighted by molar-refractivity contribution is -0.334. The molecule has 17 heteroatoms. The van der Waals surface area contributed by atoms with Crippen molar-refractivity contribution >= 4 is 11.9 Å². The molecule has 1 aromatic carbocycles. The number of aliphatic hydroxyl groups is 9. The molecule has 0 aromatic heterocycles. The van der Waals surface area contributed by atoms with Crippen LogP contribution >= 0.6 is 0 Å². The van der Waals surface area contributed by atoms with Crippen LogP contribution in [0.2, 0.25) is 0 Å². The van der Waals surface area contributed by atoms with Crippen LogP contribution in [0, 0.1) is 5.92 Å². The predicted octanol–water partition coefficient (Wildman–Crippen LogP) is -4.04. The zero-order valence-corrected chi connectivity index (χ0v) is 23.9. The molecule has 1 aromatic rings. The van der Waals surface area contributed by atoms with Gasteiger partial charge in [-0.05, 0) is 30.0 Å². The van der Waals surface area contributed by atoms with Gasteiger partial charge in [-0.25, -0.2) is 9.59 Å². The number of aliphatic carboxylic acids is 1. The molecule has 17 nitrogen and oxygen atoms in total. The molecule has 12 atom stereocenters. The van der Waals surface area contributed by atoms with E-state index < -0.39 is 117 Å². The first kappa shape index (κ1) is 36.0. The van der Waals surface area contributed by atoms with Gasteiger partial charge >= 0.3 is 11.9 Å². The van der Waals surface area contributed by atoms with Gasteiger partial charge in [0.05, 0.1) is 13.2 Å². The molecule has 44 heavy (non-hydrogen) atoms. The lowest BCUT2D eigenvalue weighted by Crippen LogP contribution is -2.65. The summed E-state index contributed by atoms with van der Waals surface area (Å²) in [5.41, 5.74) is -2.35. The molecule has 0 radical (unpaired) electrons. The van der Waals surface area contributed by atoms with Crippen molar-refractivity contribution in [3.8, 4) is 5.75 Å². The number of hydrogen-bond acceptors (Lipinski definition) is 16. The number of carbonyl (C=O) groups excluding carboxylic acids is 1. The van der Waals surface area contributed by atoms with Gasteiger partial charge in [-0.3, -0.25) is 0 Å². The van der Waals surface area contributed by atoms with Gasteiger partial charge in [0.2, 0.25) is 11.9 Å². The Bertz CT molecular complexity index is 1080. The number of ether oxygens (including phenoxy) is 5. The standard InChI is InChI=1S/C27H40O17/c1-11(2)7-27(22(36)23(37)38,44-25-21(35)19(33)17(31)15(9-29)43-25)26(39)40-10-12-3-5-13(6-4-12)41-24-20(34)18(32)16(30)14(8-28)42-24/h3-6,11,14-22,24-25,28-36H,7-10H2,1-2H3,(H,37,38)/t14-,15-,16-,17-,18+,19+,20-,21-,22-,24-,25+,27-/m1/s1. The molecule has 250 valence electrons. The molecule has 0 saturated carbocycles. The number of carboxylic acid groups (broad SMARTS) is 1. The molecule has 0 spiro atoms. The van der Waals surface area contributed by atoms with Gasteiger partial charge < -0.3 is 74.7 Å². The molecule has 2 aliphatic rings. The van der Waals surface area contributed by atoms with E-state index in [0.717, 1.165) is 0 Å². The summed E-state index contributed by atoms with van der Waals surface area (Å²) in [6, 6.07) is 5.59. The fourth-order valence-electron chi connectivity index (χ4n) is 4.88. The van der Waals surface area contributed by atoms with Gasteiger partial charge in [0.25, 0.3) is 0 Å². The van der Waals surface area contributed by atoms with Crippen molar-refractivity contribution in [1.82, 2.24) is 0 Å². The second-order valence-corrected chi connectivity index (χ2v) is 11.1. The Morgan fingerprint density at radius 3 is 1.80 bits per heavy atom. The number of benzene rings is 1. The second-order valence-electron chi connectivity index (χ2n) is 11.1. The zero-order valence-electron chi connectivity index (χ0n) is 23.9. The van der Waals surface area contributed by atoms with Crippen LogP contribution in [-0.4, -0.2) is 149 Å². The summed E-state index contributed by atoms with van der Waals surface area (Å²) in [4.78, 5) is 25.4. The highest BCUT2D eigenvalue weighted by Crippen LogP contribution is 2.34. The van der Waals surface area contributed by atoms with Crippen LogP contribution in [0.25, 0.3) is 0 Å². The summed E-state index contributed by atoms with van der Waals surface area (Å²) in [6.07, 6.45) is -19.6. The summed E-state index contributed by atoms with van der Waals surface area (Å²) in [7, 11) is 0. The van der Waals surface area contributed by atoms with E-state index in [1.807, 2.05) is 0 Å². The van der Waals surface area contributed by atoms with E-state index in [9.17, 15) is 60.7 Å². The van der Waals surface area contributed by atoms with Gasteiger partial charge in [0.1, 0.15) is 61.2 Å². The first-order valence-corrected chi connectivity index (χ1v) is 13.8. The molecule has 2 aliphatic heterocycles. The Balaban J connectivity index is 1.77. The summed E-state index contributed by atoms with van der Waals surface area (Å²) < 4.78 is 27.0. The minimum atomic E-state index is -2.68. The summed E-state index contributed by atoms with van der Waals surface area (Å²) >= 11 is 0. The van der Waals surface area contributed by atoms with Crippen LogP contribution in [0.4, 0.5) is 0 Å². The molecule has 2 heterocycles. The SMILES string of the molecule is CC(C)C[C@](O[C@@H]1O[C@H](CO)[C@@H](O)[C@H](O)[C@H]1O)(C(=O)OCc1ccc(O[C@@H]2O[C@H](CO)[C@@H](O)[C@H](O)[C@H]2O)cc1)[C@H](O)C(=O)O. The fraction of sp³-hybridized carbons (Fsp3) is 0.704. The Morgan fingerprint density at radius 2 is 1.32 bits per heavy atom. The lowest BCUT2D eigenvalue weighted by Gasteiger charge is -2.44. The summed E-state index contributed by atoms with van der Waals surface area (Å²) in [6.45, 7) is 1.21. The van der Waals surface area contributed by atoms with E-state index in [1.165, 1.54) is 24.3 Å². The number of esters is 1. The molecule has 0 bridgehead atoms. The number of hydrogen-bond donors (Lipinski definition) is 10. The second kappa shape index (κ2) is 15.2. The van der Waals surface area contributed by atoms with E-state index in [1.54, 1.807) is 13.8 Å². The largest absolute Gasteiger partial charge is 0.479 e. The smallest absolute Gasteiger partial charge is 0.342 e. The average Bonchev–Trinajstić information content (AvgIpc) is 2.99. The molecular weight excluding hydrogens is 596 g/mol. The molecular formula is C27H40O17. The third kappa shape index (κ3) is 7.82. The minimum absolute atomic E-state index is 0.116. The molecule has 0 amide bonds. The Kier molecular flexibility index (Phi) is 12.4. The molecule has 0 aliphatic carbocycles. The minimum Gasteiger partial charge on any atom is -0.479 e. The quantitative estimate of drug-likeness (QED) is 0.0922. The van der Waals surface area contributed by atoms with Crippen molar-refractivity contribution in [2.45, 2.75) is 100.0 Å². The maximum atomic E-state index is 13.5. The molecule has 2 saturated heterocycles. The highest BCUT2D eigenvalue weighted by atomic mass is 16.7. The van der Waals surface area contributed by atoms with E-state index in [4.69, 9.17) is 23.7 Å². The van der Waals surface area contributed by atoms with Crippen LogP contribution in [0.3, 0.4) is 0 Å². The van der Waals surface area contributed by atoms with Crippen LogP contribution in [-0.2, 0) is 35.1 Å². The van der Waals surface area contributed by atoms with Crippen molar-refractivity contribution in [2.24, 2.45) is 5.92 Å². The normalized spacial score (nSPS) is 34.6. The maximum Gasteiger partial charge on any atom is 0.342 e. The maximum absolute atomic E-state index is 13.5. The molecule has 2 fully saturated rings. The molecule has 0 unspecified atom stereocenters. The summed E-state index contributed by atoms with van der Waals surface area (Å²) in [5, 5.41) is 99.8. The van der Waals surface area contributed by atoms with E-state index in [-0.39, 0.29) is 5.75 Å². The van der Waals surface area contributed by atoms with Gasteiger partial charge in [-0.15, -0.1) is 0 Å². The van der Waals surface area contributed by atoms with Gasteiger partial charge in [-0.1, -0.05) is 26.0 Å². The van der Waals surface area contributed by atoms with Crippen molar-refractivity contribution in [3.63, 3.8) is 0 Å². The fourth-order valence-corrected chi connectivity index (χ4v) is 4.88. The topological polar surface area (TPSA) is 283 Å². The monoisotopic (exact) mass is 636 g/mol. The van der Waals surface area contributed by atoms with Crippen molar-refractivity contribution in [3.05, 3.63) is 29.8 Å². The lowest BCUT2D eigenvalue weighted by atomic mass is 9.86. The van der Waals surface area contributed by atoms with Crippen molar-refractivity contribution in [2.75, 3.05) is 13.2 Å². The van der Waals surface area contributed by atoms with E-state index in [0.29, 0.717) is 5.56 Å². The Hall–Kier alpha value is -2.52. The Labute approximate surface area is 251 Å². The van der Waals surface area contributed by atoms with Crippen molar-refractivity contribution < 1.29 is 84.3 Å². The van der Waals surface area contributed by atoms with Gasteiger partial charge in [-0.2, -0.15) is 0 Å². The third-order valence-corrected chi connectivity index (χ3v) is 7.30. The van der Waals surface area contributed by atoms with Crippen LogP contribution in [0.1, 0.15) is 25.8 Å². The predicted molar refractivity (Wildman–Crippen MR) is 141 cm³/mol.